The van der Waals surface area contributed by atoms with Crippen LogP contribution in [0.2, 0.25) is 0 Å². The average molecular weight is 110 g/mol. The van der Waals surface area contributed by atoms with Crippen molar-refractivity contribution in [2.75, 3.05) is 0 Å². The minimum absolute atomic E-state index is 0. The standard InChI is InChI=1S/C4H7O2.Na/c1-3-6-4(2)5;/h3-4H,1H2,2H3;/q-1;+1. The van der Waals surface area contributed by atoms with Crippen LogP contribution in [-0.4, -0.2) is 6.29 Å². The Balaban J connectivity index is 0. The van der Waals surface area contributed by atoms with E-state index in [4.69, 9.17) is 0 Å². The topological polar surface area (TPSA) is 32.3 Å². The summed E-state index contributed by atoms with van der Waals surface area (Å²) in [5.74, 6) is 0. The van der Waals surface area contributed by atoms with Crippen molar-refractivity contribution >= 4 is 0 Å². The first-order chi connectivity index (χ1) is 2.77. The van der Waals surface area contributed by atoms with Crippen LogP contribution in [-0.2, 0) is 4.74 Å². The van der Waals surface area contributed by atoms with E-state index >= 15 is 0 Å². The summed E-state index contributed by atoms with van der Waals surface area (Å²) >= 11 is 0. The summed E-state index contributed by atoms with van der Waals surface area (Å²) < 4.78 is 4.25. The normalized spacial score (nSPS) is 11.1. The third kappa shape index (κ3) is 10.7. The number of rotatable bonds is 2. The van der Waals surface area contributed by atoms with Crippen molar-refractivity contribution in [3.63, 3.8) is 0 Å². The van der Waals surface area contributed by atoms with Crippen molar-refractivity contribution in [2.45, 2.75) is 13.2 Å². The van der Waals surface area contributed by atoms with Crippen molar-refractivity contribution in [1.29, 1.82) is 0 Å². The first-order valence-electron chi connectivity index (χ1n) is 1.69. The van der Waals surface area contributed by atoms with E-state index in [0.717, 1.165) is 6.26 Å². The Morgan fingerprint density at radius 3 is 2.29 bits per heavy atom. The Morgan fingerprint density at radius 2 is 2.29 bits per heavy atom. The van der Waals surface area contributed by atoms with Crippen LogP contribution in [0.5, 0.6) is 0 Å². The predicted molar refractivity (Wildman–Crippen MR) is 20.7 cm³/mol. The molecule has 0 spiro atoms. The first kappa shape index (κ1) is 10.5. The average Bonchev–Trinajstić information content (AvgIpc) is 1.35. The molecule has 2 nitrogen and oxygen atoms in total. The molecule has 0 aliphatic rings. The molecule has 3 heteroatoms. The molecule has 0 N–H and O–H groups in total. The maximum absolute atomic E-state index is 9.83. The van der Waals surface area contributed by atoms with E-state index < -0.39 is 6.29 Å². The molecule has 0 aromatic heterocycles. The van der Waals surface area contributed by atoms with Crippen molar-refractivity contribution < 1.29 is 39.4 Å². The van der Waals surface area contributed by atoms with Gasteiger partial charge in [-0.25, -0.2) is 0 Å². The van der Waals surface area contributed by atoms with Gasteiger partial charge in [0.05, 0.1) is 6.26 Å². The van der Waals surface area contributed by atoms with Crippen molar-refractivity contribution in [3.05, 3.63) is 12.8 Å². The second-order valence-electron chi connectivity index (χ2n) is 0.870. The maximum Gasteiger partial charge on any atom is 1.00 e. The van der Waals surface area contributed by atoms with Gasteiger partial charge in [0.1, 0.15) is 0 Å². The molecule has 0 aromatic carbocycles. The van der Waals surface area contributed by atoms with Gasteiger partial charge in [0.25, 0.3) is 0 Å². The molecule has 1 unspecified atom stereocenters. The van der Waals surface area contributed by atoms with Crippen LogP contribution in [0.3, 0.4) is 0 Å². The Bertz CT molecular complexity index is 45.0. The van der Waals surface area contributed by atoms with Crippen molar-refractivity contribution in [3.8, 4) is 0 Å². The van der Waals surface area contributed by atoms with Crippen molar-refractivity contribution in [1.82, 2.24) is 0 Å². The van der Waals surface area contributed by atoms with Crippen molar-refractivity contribution in [2.24, 2.45) is 0 Å². The van der Waals surface area contributed by atoms with Crippen LogP contribution < -0.4 is 34.7 Å². The molecular weight excluding hydrogens is 103 g/mol. The zero-order chi connectivity index (χ0) is 4.99. The van der Waals surface area contributed by atoms with E-state index in [1.165, 1.54) is 6.92 Å². The van der Waals surface area contributed by atoms with Crippen LogP contribution in [0.25, 0.3) is 0 Å². The molecule has 0 saturated carbocycles. The third-order valence-corrected chi connectivity index (χ3v) is 0.288. The SMILES string of the molecule is C=COC(C)[O-].[Na+]. The zero-order valence-electron chi connectivity index (χ0n) is 4.68. The smallest absolute Gasteiger partial charge is 0.822 e. The Labute approximate surface area is 65.5 Å². The maximum atomic E-state index is 9.83. The third-order valence-electron chi connectivity index (χ3n) is 0.288. The molecule has 0 heterocycles. The fourth-order valence-electron chi connectivity index (χ4n) is 0.136. The van der Waals surface area contributed by atoms with Gasteiger partial charge in [-0.2, -0.15) is 0 Å². The summed E-state index contributed by atoms with van der Waals surface area (Å²) in [6, 6.07) is 0. The quantitative estimate of drug-likeness (QED) is 0.214. The molecule has 0 aliphatic heterocycles. The Morgan fingerprint density at radius 1 is 1.86 bits per heavy atom. The summed E-state index contributed by atoms with van der Waals surface area (Å²) in [7, 11) is 0. The van der Waals surface area contributed by atoms with Gasteiger partial charge in [-0.1, -0.05) is 6.58 Å². The Kier molecular flexibility index (Phi) is 9.73. The number of hydrogen-bond acceptors (Lipinski definition) is 2. The van der Waals surface area contributed by atoms with Gasteiger partial charge in [0.15, 0.2) is 0 Å². The van der Waals surface area contributed by atoms with E-state index in [2.05, 4.69) is 11.3 Å². The molecule has 1 atom stereocenters. The van der Waals surface area contributed by atoms with Crippen LogP contribution >= 0.6 is 0 Å². The van der Waals surface area contributed by atoms with Gasteiger partial charge in [0.2, 0.25) is 0 Å². The van der Waals surface area contributed by atoms with Gasteiger partial charge >= 0.3 is 29.6 Å². The summed E-state index contributed by atoms with van der Waals surface area (Å²) in [4.78, 5) is 0. The molecule has 0 radical (unpaired) electrons. The zero-order valence-corrected chi connectivity index (χ0v) is 6.68. The summed E-state index contributed by atoms with van der Waals surface area (Å²) in [5.41, 5.74) is 0. The summed E-state index contributed by atoms with van der Waals surface area (Å²) in [6.45, 7) is 4.58. The minimum atomic E-state index is -0.970. The largest absolute Gasteiger partial charge is 1.00 e. The molecule has 0 rings (SSSR count). The van der Waals surface area contributed by atoms with Gasteiger partial charge in [0, 0.05) is 6.29 Å². The van der Waals surface area contributed by atoms with E-state index in [1.807, 2.05) is 0 Å². The minimum Gasteiger partial charge on any atom is -0.822 e. The van der Waals surface area contributed by atoms with E-state index in [-0.39, 0.29) is 29.6 Å². The molecular formula is C4H7NaO2. The molecule has 0 aliphatic carbocycles. The summed E-state index contributed by atoms with van der Waals surface area (Å²) in [6.07, 6.45) is 0.167. The molecule has 7 heavy (non-hydrogen) atoms. The van der Waals surface area contributed by atoms with Crippen LogP contribution in [0.1, 0.15) is 6.92 Å². The molecule has 0 saturated heterocycles. The van der Waals surface area contributed by atoms with Gasteiger partial charge in [-0.3, -0.25) is 0 Å². The monoisotopic (exact) mass is 110 g/mol. The molecule has 36 valence electrons. The first-order valence-corrected chi connectivity index (χ1v) is 1.69. The van der Waals surface area contributed by atoms with E-state index in [9.17, 15) is 5.11 Å². The van der Waals surface area contributed by atoms with Crippen LogP contribution in [0.15, 0.2) is 12.8 Å². The van der Waals surface area contributed by atoms with E-state index in [1.54, 1.807) is 0 Å². The molecule has 0 aromatic rings. The Hall–Kier alpha value is 0.500. The second kappa shape index (κ2) is 6.50. The predicted octanol–water partition coefficient (Wildman–Crippen LogP) is -3.14. The van der Waals surface area contributed by atoms with E-state index in [0.29, 0.717) is 0 Å². The van der Waals surface area contributed by atoms with Gasteiger partial charge < -0.3 is 9.84 Å². The van der Waals surface area contributed by atoms with Crippen LogP contribution in [0, 0.1) is 0 Å². The van der Waals surface area contributed by atoms with Gasteiger partial charge in [-0.05, 0) is 6.92 Å². The molecule has 0 bridgehead atoms. The van der Waals surface area contributed by atoms with Gasteiger partial charge in [-0.15, -0.1) is 0 Å². The molecule has 0 amide bonds. The molecule has 0 fully saturated rings. The number of hydrogen-bond donors (Lipinski definition) is 0. The number of ether oxygens (including phenoxy) is 1. The second-order valence-corrected chi connectivity index (χ2v) is 0.870. The fourth-order valence-corrected chi connectivity index (χ4v) is 0.136. The summed E-state index contributed by atoms with van der Waals surface area (Å²) in [5, 5.41) is 9.83. The van der Waals surface area contributed by atoms with Crippen LogP contribution in [0.4, 0.5) is 0 Å². The fraction of sp³-hybridized carbons (Fsp3) is 0.500.